The van der Waals surface area contributed by atoms with E-state index in [0.717, 1.165) is 24.3 Å². The van der Waals surface area contributed by atoms with Gasteiger partial charge in [-0.05, 0) is 18.9 Å². The number of aromatic nitrogens is 3. The Bertz CT molecular complexity index is 575. The summed E-state index contributed by atoms with van der Waals surface area (Å²) in [6, 6.07) is 2.56. The van der Waals surface area contributed by atoms with Crippen molar-refractivity contribution < 1.29 is 0 Å². The number of thiocarbonyl (C=S) groups is 1. The predicted octanol–water partition coefficient (Wildman–Crippen LogP) is 1.37. The number of nitrogens with two attached hydrogens (primary N) is 1. The van der Waals surface area contributed by atoms with Crippen molar-refractivity contribution in [1.29, 1.82) is 0 Å². The number of nitrogens with zero attached hydrogens (tertiary/aromatic N) is 4. The summed E-state index contributed by atoms with van der Waals surface area (Å²) in [5.41, 5.74) is 6.63. The fraction of sp³-hybridized carbons (Fsp3) is 0.417. The third kappa shape index (κ3) is 2.15. The number of anilines is 1. The van der Waals surface area contributed by atoms with Crippen molar-refractivity contribution in [2.75, 3.05) is 11.4 Å². The molecule has 18 heavy (non-hydrogen) atoms. The maximum absolute atomic E-state index is 5.60. The molecule has 1 fully saturated rings. The first-order valence-corrected chi connectivity index (χ1v) is 6.50. The molecule has 2 N–H and O–H groups in total. The van der Waals surface area contributed by atoms with Gasteiger partial charge in [0.15, 0.2) is 5.82 Å². The molecule has 94 valence electrons. The van der Waals surface area contributed by atoms with Crippen molar-refractivity contribution in [1.82, 2.24) is 14.6 Å². The lowest BCUT2D eigenvalue weighted by Gasteiger charge is -2.23. The first-order valence-electron chi connectivity index (χ1n) is 6.09. The monoisotopic (exact) mass is 261 g/mol. The van der Waals surface area contributed by atoms with E-state index < -0.39 is 0 Å². The molecule has 2 aromatic rings. The Morgan fingerprint density at radius 3 is 3.06 bits per heavy atom. The Kier molecular flexibility index (Phi) is 2.87. The first-order chi connectivity index (χ1) is 8.75. The third-order valence-electron chi connectivity index (χ3n) is 3.16. The van der Waals surface area contributed by atoms with Crippen LogP contribution in [0.15, 0.2) is 24.7 Å². The normalized spacial score (nSPS) is 14.9. The summed E-state index contributed by atoms with van der Waals surface area (Å²) >= 11 is 4.96. The Balaban J connectivity index is 1.93. The van der Waals surface area contributed by atoms with Gasteiger partial charge in [-0.1, -0.05) is 12.2 Å². The quantitative estimate of drug-likeness (QED) is 0.824. The molecule has 0 bridgehead atoms. The largest absolute Gasteiger partial charge is 0.393 e. The zero-order chi connectivity index (χ0) is 12.5. The molecule has 5 nitrogen and oxygen atoms in total. The van der Waals surface area contributed by atoms with Crippen LogP contribution in [0.3, 0.4) is 0 Å². The SMILES string of the molecule is NC(=S)CCN(c1nccn2nccc12)C1CC1. The second kappa shape index (κ2) is 4.53. The summed E-state index contributed by atoms with van der Waals surface area (Å²) in [7, 11) is 0. The van der Waals surface area contributed by atoms with Gasteiger partial charge in [-0.3, -0.25) is 0 Å². The zero-order valence-electron chi connectivity index (χ0n) is 9.99. The molecule has 0 atom stereocenters. The maximum atomic E-state index is 5.60. The fourth-order valence-corrected chi connectivity index (χ4v) is 2.23. The summed E-state index contributed by atoms with van der Waals surface area (Å²) in [6.45, 7) is 0.831. The van der Waals surface area contributed by atoms with E-state index in [-0.39, 0.29) is 0 Å². The topological polar surface area (TPSA) is 59.5 Å². The molecule has 0 radical (unpaired) electrons. The fourth-order valence-electron chi connectivity index (χ4n) is 2.14. The zero-order valence-corrected chi connectivity index (χ0v) is 10.8. The molecule has 0 amide bonds. The highest BCUT2D eigenvalue weighted by molar-refractivity contribution is 7.80. The Hall–Kier alpha value is -1.69. The molecule has 1 aliphatic carbocycles. The molecular weight excluding hydrogens is 246 g/mol. The molecule has 0 unspecified atom stereocenters. The standard InChI is InChI=1S/C12H15N5S/c13-11(18)4-7-16(9-1-2-9)12-10-3-5-15-17(10)8-6-14-12/h3,5-6,8-9H,1-2,4,7H2,(H2,13,18). The minimum absolute atomic E-state index is 0.557. The number of fused-ring (bicyclic) bond motifs is 1. The molecule has 6 heteroatoms. The highest BCUT2D eigenvalue weighted by atomic mass is 32.1. The van der Waals surface area contributed by atoms with Crippen LogP contribution in [0.2, 0.25) is 0 Å². The van der Waals surface area contributed by atoms with Gasteiger partial charge >= 0.3 is 0 Å². The van der Waals surface area contributed by atoms with Gasteiger partial charge in [-0.15, -0.1) is 0 Å². The lowest BCUT2D eigenvalue weighted by molar-refractivity contribution is 0.782. The maximum Gasteiger partial charge on any atom is 0.154 e. The van der Waals surface area contributed by atoms with Crippen molar-refractivity contribution in [3.63, 3.8) is 0 Å². The third-order valence-corrected chi connectivity index (χ3v) is 3.37. The Morgan fingerprint density at radius 1 is 1.50 bits per heavy atom. The van der Waals surface area contributed by atoms with Gasteiger partial charge in [0.25, 0.3) is 0 Å². The molecule has 2 heterocycles. The second-order valence-corrected chi connectivity index (χ2v) is 5.08. The van der Waals surface area contributed by atoms with Gasteiger partial charge in [-0.25, -0.2) is 9.50 Å². The average molecular weight is 261 g/mol. The van der Waals surface area contributed by atoms with Crippen LogP contribution in [0, 0.1) is 0 Å². The molecule has 0 saturated heterocycles. The van der Waals surface area contributed by atoms with Crippen LogP contribution < -0.4 is 10.6 Å². The van der Waals surface area contributed by atoms with E-state index in [1.807, 2.05) is 16.8 Å². The average Bonchev–Trinajstić information content (AvgIpc) is 3.06. The lowest BCUT2D eigenvalue weighted by atomic mass is 10.3. The van der Waals surface area contributed by atoms with Crippen molar-refractivity contribution >= 4 is 28.5 Å². The molecule has 3 rings (SSSR count). The van der Waals surface area contributed by atoms with Gasteiger partial charge in [0.2, 0.25) is 0 Å². The smallest absolute Gasteiger partial charge is 0.154 e. The molecule has 1 saturated carbocycles. The Labute approximate surface area is 111 Å². The van der Waals surface area contributed by atoms with Crippen LogP contribution in [0.25, 0.3) is 5.52 Å². The summed E-state index contributed by atoms with van der Waals surface area (Å²) in [5.74, 6) is 0.980. The molecule has 0 aromatic carbocycles. The molecule has 1 aliphatic rings. The van der Waals surface area contributed by atoms with E-state index >= 15 is 0 Å². The minimum atomic E-state index is 0.557. The van der Waals surface area contributed by atoms with Crippen LogP contribution in [0.1, 0.15) is 19.3 Å². The van der Waals surface area contributed by atoms with Gasteiger partial charge in [0.05, 0.1) is 11.2 Å². The number of hydrogen-bond acceptors (Lipinski definition) is 4. The van der Waals surface area contributed by atoms with E-state index in [1.165, 1.54) is 12.8 Å². The van der Waals surface area contributed by atoms with Gasteiger partial charge in [-0.2, -0.15) is 5.10 Å². The van der Waals surface area contributed by atoms with Crippen LogP contribution in [-0.4, -0.2) is 32.2 Å². The van der Waals surface area contributed by atoms with Crippen LogP contribution >= 0.6 is 12.2 Å². The summed E-state index contributed by atoms with van der Waals surface area (Å²) in [6.07, 6.45) is 8.59. The van der Waals surface area contributed by atoms with Crippen LogP contribution in [-0.2, 0) is 0 Å². The van der Waals surface area contributed by atoms with Crippen molar-refractivity contribution in [2.45, 2.75) is 25.3 Å². The van der Waals surface area contributed by atoms with Gasteiger partial charge < -0.3 is 10.6 Å². The highest BCUT2D eigenvalue weighted by Crippen LogP contribution is 2.32. The minimum Gasteiger partial charge on any atom is -0.393 e. The molecule has 2 aromatic heterocycles. The number of hydrogen-bond donors (Lipinski definition) is 1. The highest BCUT2D eigenvalue weighted by Gasteiger charge is 2.30. The van der Waals surface area contributed by atoms with E-state index in [2.05, 4.69) is 15.0 Å². The van der Waals surface area contributed by atoms with Crippen molar-refractivity contribution in [3.05, 3.63) is 24.7 Å². The van der Waals surface area contributed by atoms with E-state index in [9.17, 15) is 0 Å². The number of rotatable bonds is 5. The van der Waals surface area contributed by atoms with E-state index in [4.69, 9.17) is 18.0 Å². The first kappa shape index (κ1) is 11.4. The van der Waals surface area contributed by atoms with Crippen molar-refractivity contribution in [2.24, 2.45) is 5.73 Å². The van der Waals surface area contributed by atoms with Crippen LogP contribution in [0.5, 0.6) is 0 Å². The van der Waals surface area contributed by atoms with Gasteiger partial charge in [0, 0.05) is 31.4 Å². The molecular formula is C12H15N5S. The van der Waals surface area contributed by atoms with Crippen molar-refractivity contribution in [3.8, 4) is 0 Å². The van der Waals surface area contributed by atoms with Gasteiger partial charge in [0.1, 0.15) is 5.52 Å². The van der Waals surface area contributed by atoms with Crippen LogP contribution in [0.4, 0.5) is 5.82 Å². The van der Waals surface area contributed by atoms with E-state index in [1.54, 1.807) is 12.4 Å². The lowest BCUT2D eigenvalue weighted by Crippen LogP contribution is -2.30. The Morgan fingerprint density at radius 2 is 2.33 bits per heavy atom. The summed E-state index contributed by atoms with van der Waals surface area (Å²) in [4.78, 5) is 7.36. The predicted molar refractivity (Wildman–Crippen MR) is 74.8 cm³/mol. The summed E-state index contributed by atoms with van der Waals surface area (Å²) in [5, 5.41) is 4.24. The van der Waals surface area contributed by atoms with E-state index in [0.29, 0.717) is 11.0 Å². The molecule has 0 spiro atoms. The summed E-state index contributed by atoms with van der Waals surface area (Å²) < 4.78 is 1.85. The molecule has 0 aliphatic heterocycles. The second-order valence-electron chi connectivity index (χ2n) is 4.55.